The number of nitrogens with zero attached hydrogens (tertiary/aromatic N) is 5. The van der Waals surface area contributed by atoms with Crippen LogP contribution in [0, 0.1) is 21.7 Å². The SMILES string of the molecule is O=[N+]([O-])c1c(Nc2ccc(F)cc2F)ncnc1N(Cc1ccccc1)c1ccccn1. The van der Waals surface area contributed by atoms with Gasteiger partial charge in [0.25, 0.3) is 0 Å². The lowest BCUT2D eigenvalue weighted by Gasteiger charge is -2.23. The summed E-state index contributed by atoms with van der Waals surface area (Å²) < 4.78 is 27.4. The van der Waals surface area contributed by atoms with Crippen molar-refractivity contribution in [1.29, 1.82) is 0 Å². The molecule has 0 aliphatic carbocycles. The fourth-order valence-electron chi connectivity index (χ4n) is 3.09. The minimum atomic E-state index is -0.912. The third-order valence-corrected chi connectivity index (χ3v) is 4.53. The third-order valence-electron chi connectivity index (χ3n) is 4.53. The van der Waals surface area contributed by atoms with E-state index in [1.165, 1.54) is 0 Å². The Morgan fingerprint density at radius 1 is 0.969 bits per heavy atom. The van der Waals surface area contributed by atoms with E-state index in [4.69, 9.17) is 0 Å². The Morgan fingerprint density at radius 3 is 2.44 bits per heavy atom. The highest BCUT2D eigenvalue weighted by Crippen LogP contribution is 2.37. The zero-order valence-corrected chi connectivity index (χ0v) is 16.5. The molecule has 2 heterocycles. The van der Waals surface area contributed by atoms with E-state index < -0.39 is 22.2 Å². The predicted molar refractivity (Wildman–Crippen MR) is 115 cm³/mol. The topological polar surface area (TPSA) is 97.1 Å². The second kappa shape index (κ2) is 9.13. The monoisotopic (exact) mass is 434 g/mol. The van der Waals surface area contributed by atoms with E-state index in [0.29, 0.717) is 11.9 Å². The van der Waals surface area contributed by atoms with Gasteiger partial charge in [-0.05, 0) is 29.8 Å². The number of aromatic nitrogens is 3. The second-order valence-electron chi connectivity index (χ2n) is 6.66. The molecule has 0 bridgehead atoms. The average molecular weight is 434 g/mol. The van der Waals surface area contributed by atoms with Gasteiger partial charge in [-0.1, -0.05) is 36.4 Å². The average Bonchev–Trinajstić information content (AvgIpc) is 2.80. The van der Waals surface area contributed by atoms with E-state index in [1.54, 1.807) is 29.3 Å². The van der Waals surface area contributed by atoms with Crippen molar-refractivity contribution in [2.24, 2.45) is 0 Å². The number of nitrogens with one attached hydrogen (secondary N) is 1. The summed E-state index contributed by atoms with van der Waals surface area (Å²) in [7, 11) is 0. The number of hydrogen-bond acceptors (Lipinski definition) is 7. The van der Waals surface area contributed by atoms with E-state index in [1.807, 2.05) is 30.3 Å². The zero-order chi connectivity index (χ0) is 22.5. The van der Waals surface area contributed by atoms with E-state index in [0.717, 1.165) is 24.0 Å². The van der Waals surface area contributed by atoms with Crippen molar-refractivity contribution in [2.45, 2.75) is 6.54 Å². The van der Waals surface area contributed by atoms with Gasteiger partial charge in [0.2, 0.25) is 11.6 Å². The number of pyridine rings is 1. The molecular weight excluding hydrogens is 418 g/mol. The van der Waals surface area contributed by atoms with Gasteiger partial charge in [0.05, 0.1) is 17.2 Å². The second-order valence-corrected chi connectivity index (χ2v) is 6.66. The number of anilines is 4. The highest BCUT2D eigenvalue weighted by Gasteiger charge is 2.29. The molecule has 0 saturated carbocycles. The summed E-state index contributed by atoms with van der Waals surface area (Å²) in [6.45, 7) is 0.236. The minimum absolute atomic E-state index is 0.0300. The molecule has 0 aliphatic rings. The maximum atomic E-state index is 14.1. The highest BCUT2D eigenvalue weighted by atomic mass is 19.1. The smallest absolute Gasteiger partial charge is 0.332 e. The third kappa shape index (κ3) is 4.48. The van der Waals surface area contributed by atoms with Gasteiger partial charge in [-0.3, -0.25) is 10.1 Å². The van der Waals surface area contributed by atoms with E-state index in [2.05, 4.69) is 20.3 Å². The van der Waals surface area contributed by atoms with E-state index in [-0.39, 0.29) is 23.9 Å². The molecule has 0 amide bonds. The first-order chi connectivity index (χ1) is 15.5. The van der Waals surface area contributed by atoms with Crippen LogP contribution in [-0.4, -0.2) is 19.9 Å². The lowest BCUT2D eigenvalue weighted by molar-refractivity contribution is -0.383. The largest absolute Gasteiger partial charge is 0.354 e. The van der Waals surface area contributed by atoms with Crippen molar-refractivity contribution < 1.29 is 13.7 Å². The summed E-state index contributed by atoms with van der Waals surface area (Å²) in [5, 5.41) is 14.6. The fraction of sp³-hybridized carbons (Fsp3) is 0.0455. The van der Waals surface area contributed by atoms with Crippen molar-refractivity contribution in [3.05, 3.63) is 107 Å². The van der Waals surface area contributed by atoms with Crippen LogP contribution in [0.25, 0.3) is 0 Å². The van der Waals surface area contributed by atoms with Crippen LogP contribution in [0.15, 0.2) is 79.3 Å². The van der Waals surface area contributed by atoms with E-state index in [9.17, 15) is 18.9 Å². The molecule has 4 aromatic rings. The van der Waals surface area contributed by atoms with Gasteiger partial charge in [0, 0.05) is 12.3 Å². The molecule has 0 radical (unpaired) electrons. The molecular formula is C22H16F2N6O2. The first-order valence-electron chi connectivity index (χ1n) is 9.47. The van der Waals surface area contributed by atoms with Crippen molar-refractivity contribution in [1.82, 2.24) is 15.0 Å². The molecule has 0 spiro atoms. The van der Waals surface area contributed by atoms with Gasteiger partial charge in [0.1, 0.15) is 23.8 Å². The van der Waals surface area contributed by atoms with Crippen molar-refractivity contribution in [3.8, 4) is 0 Å². The standard InChI is InChI=1S/C22H16F2N6O2/c23-16-9-10-18(17(24)12-16)28-21-20(30(31)32)22(27-14-26-21)29(19-8-4-5-11-25-19)13-15-6-2-1-3-7-15/h1-12,14H,13H2,(H,26,27,28). The van der Waals surface area contributed by atoms with Crippen molar-refractivity contribution >= 4 is 28.8 Å². The number of nitro groups is 1. The van der Waals surface area contributed by atoms with Gasteiger partial charge in [-0.15, -0.1) is 0 Å². The van der Waals surface area contributed by atoms with Crippen molar-refractivity contribution in [3.63, 3.8) is 0 Å². The number of rotatable bonds is 7. The molecule has 0 unspecified atom stereocenters. The molecule has 1 N–H and O–H groups in total. The normalized spacial score (nSPS) is 10.6. The quantitative estimate of drug-likeness (QED) is 0.318. The van der Waals surface area contributed by atoms with Crippen LogP contribution < -0.4 is 10.2 Å². The summed E-state index contributed by atoms with van der Waals surface area (Å²) in [4.78, 5) is 25.4. The Bertz CT molecular complexity index is 1240. The Labute approximate surface area is 181 Å². The number of halogens is 2. The van der Waals surface area contributed by atoms with Gasteiger partial charge >= 0.3 is 5.69 Å². The predicted octanol–water partition coefficient (Wildman–Crippen LogP) is 5.14. The van der Waals surface area contributed by atoms with Gasteiger partial charge < -0.3 is 10.2 Å². The Kier molecular flexibility index (Phi) is 5.93. The van der Waals surface area contributed by atoms with Gasteiger partial charge in [-0.25, -0.2) is 23.7 Å². The summed E-state index contributed by atoms with van der Waals surface area (Å²) in [6, 6.07) is 17.3. The van der Waals surface area contributed by atoms with Crippen LogP contribution in [0.2, 0.25) is 0 Å². The zero-order valence-electron chi connectivity index (χ0n) is 16.5. The maximum absolute atomic E-state index is 14.1. The lowest BCUT2D eigenvalue weighted by atomic mass is 10.2. The molecule has 0 fully saturated rings. The van der Waals surface area contributed by atoms with Crippen LogP contribution in [0.3, 0.4) is 0 Å². The Morgan fingerprint density at radius 2 is 1.75 bits per heavy atom. The van der Waals surface area contributed by atoms with E-state index >= 15 is 0 Å². The first-order valence-corrected chi connectivity index (χ1v) is 9.47. The lowest BCUT2D eigenvalue weighted by Crippen LogP contribution is -2.21. The molecule has 8 nitrogen and oxygen atoms in total. The summed E-state index contributed by atoms with van der Waals surface area (Å²) in [5.74, 6) is -1.52. The van der Waals surface area contributed by atoms with Gasteiger partial charge in [0.15, 0.2) is 0 Å². The molecule has 0 saturated heterocycles. The first kappa shape index (κ1) is 20.8. The van der Waals surface area contributed by atoms with Crippen LogP contribution in [0.5, 0.6) is 0 Å². The van der Waals surface area contributed by atoms with Crippen LogP contribution in [0.1, 0.15) is 5.56 Å². The number of hydrogen-bond donors (Lipinski definition) is 1. The molecule has 2 aromatic carbocycles. The minimum Gasteiger partial charge on any atom is -0.332 e. The molecule has 10 heteroatoms. The number of benzene rings is 2. The molecule has 2 aromatic heterocycles. The summed E-state index contributed by atoms with van der Waals surface area (Å²) in [5.41, 5.74) is 0.231. The Balaban J connectivity index is 1.82. The van der Waals surface area contributed by atoms with Crippen LogP contribution >= 0.6 is 0 Å². The van der Waals surface area contributed by atoms with Gasteiger partial charge in [-0.2, -0.15) is 0 Å². The molecule has 0 atom stereocenters. The van der Waals surface area contributed by atoms with Crippen LogP contribution in [-0.2, 0) is 6.54 Å². The molecule has 32 heavy (non-hydrogen) atoms. The molecule has 0 aliphatic heterocycles. The summed E-state index contributed by atoms with van der Waals surface area (Å²) >= 11 is 0. The molecule has 160 valence electrons. The molecule has 4 rings (SSSR count). The maximum Gasteiger partial charge on any atom is 0.354 e. The summed E-state index contributed by atoms with van der Waals surface area (Å²) in [6.07, 6.45) is 2.69. The highest BCUT2D eigenvalue weighted by molar-refractivity contribution is 5.77. The van der Waals surface area contributed by atoms with Crippen LogP contribution in [0.4, 0.5) is 37.6 Å². The Hall–Kier alpha value is -4.47. The van der Waals surface area contributed by atoms with Crippen molar-refractivity contribution in [2.75, 3.05) is 10.2 Å². The fourth-order valence-corrected chi connectivity index (χ4v) is 3.09.